The smallest absolute Gasteiger partial charge is 0.200 e. The summed E-state index contributed by atoms with van der Waals surface area (Å²) in [6.45, 7) is 8.81. The Balaban J connectivity index is 3.31. The summed E-state index contributed by atoms with van der Waals surface area (Å²) in [5, 5.41) is 0. The molecule has 0 aromatic heterocycles. The van der Waals surface area contributed by atoms with E-state index in [1.165, 1.54) is 5.56 Å². The quantitative estimate of drug-likeness (QED) is 0.487. The Bertz CT molecular complexity index is 286. The van der Waals surface area contributed by atoms with Gasteiger partial charge in [-0.3, -0.25) is 0 Å². The van der Waals surface area contributed by atoms with E-state index in [1.807, 2.05) is 25.1 Å². The summed E-state index contributed by atoms with van der Waals surface area (Å²) in [7, 11) is 0. The number of halogens is 1. The van der Waals surface area contributed by atoms with Crippen molar-refractivity contribution in [2.75, 3.05) is 0 Å². The first-order chi connectivity index (χ1) is 4.75. The fraction of sp³-hybridized carbons (Fsp3) is 0.125. The van der Waals surface area contributed by atoms with Gasteiger partial charge in [-0.2, -0.15) is 0 Å². The molecule has 0 saturated heterocycles. The Morgan fingerprint density at radius 3 is 2.70 bits per heavy atom. The number of hydrogen-bond donors (Lipinski definition) is 0. The molecule has 0 heterocycles. The van der Waals surface area contributed by atoms with Crippen molar-refractivity contribution in [1.29, 1.82) is 0 Å². The lowest BCUT2D eigenvalue weighted by molar-refractivity contribution is 1.44. The molecule has 1 rings (SSSR count). The Labute approximate surface area is 74.0 Å². The van der Waals surface area contributed by atoms with Gasteiger partial charge in [-0.15, -0.1) is 0 Å². The lowest BCUT2D eigenvalue weighted by atomic mass is 10.2. The number of hydrogen-bond acceptors (Lipinski definition) is 0. The highest BCUT2D eigenvalue weighted by atomic mass is 127. The highest BCUT2D eigenvalue weighted by Gasteiger charge is 1.98. The first-order valence-electron chi connectivity index (χ1n) is 2.88. The first-order valence-corrected chi connectivity index (χ1v) is 3.96. The number of aryl methyl sites for hydroxylation is 1. The molecule has 0 aliphatic heterocycles. The molecule has 0 unspecified atom stereocenters. The van der Waals surface area contributed by atoms with Crippen LogP contribution in [0.5, 0.6) is 0 Å². The molecule has 0 spiro atoms. The van der Waals surface area contributed by atoms with E-state index in [4.69, 9.17) is 6.57 Å². The first kappa shape index (κ1) is 7.55. The van der Waals surface area contributed by atoms with Crippen LogP contribution in [0.2, 0.25) is 0 Å². The molecule has 2 heteroatoms. The Morgan fingerprint density at radius 2 is 2.20 bits per heavy atom. The van der Waals surface area contributed by atoms with Crippen molar-refractivity contribution in [3.05, 3.63) is 38.7 Å². The van der Waals surface area contributed by atoms with Crippen molar-refractivity contribution in [2.24, 2.45) is 0 Å². The molecular formula is C8H6IN. The van der Waals surface area contributed by atoms with E-state index in [9.17, 15) is 0 Å². The lowest BCUT2D eigenvalue weighted by Gasteiger charge is -1.97. The van der Waals surface area contributed by atoms with E-state index < -0.39 is 0 Å². The van der Waals surface area contributed by atoms with Crippen LogP contribution < -0.4 is 0 Å². The van der Waals surface area contributed by atoms with Gasteiger partial charge in [0.05, 0.1) is 6.57 Å². The van der Waals surface area contributed by atoms with Crippen LogP contribution in [0.15, 0.2) is 18.2 Å². The van der Waals surface area contributed by atoms with Gasteiger partial charge in [-0.25, -0.2) is 4.85 Å². The lowest BCUT2D eigenvalue weighted by Crippen LogP contribution is -1.76. The Kier molecular flexibility index (Phi) is 2.28. The van der Waals surface area contributed by atoms with Gasteiger partial charge in [0.15, 0.2) is 0 Å². The molecule has 0 bridgehead atoms. The highest BCUT2D eigenvalue weighted by Crippen LogP contribution is 2.23. The van der Waals surface area contributed by atoms with Crippen molar-refractivity contribution >= 4 is 28.3 Å². The van der Waals surface area contributed by atoms with Gasteiger partial charge in [-0.1, -0.05) is 40.8 Å². The summed E-state index contributed by atoms with van der Waals surface area (Å²) in [4.78, 5) is 3.37. The standard InChI is InChI=1S/C8H6IN/c1-6-4-3-5-7(10-2)8(6)9/h3-5H,1H3. The summed E-state index contributed by atoms with van der Waals surface area (Å²) in [6.07, 6.45) is 0. The van der Waals surface area contributed by atoms with Crippen LogP contribution in [-0.4, -0.2) is 0 Å². The zero-order valence-corrected chi connectivity index (χ0v) is 7.71. The maximum Gasteiger partial charge on any atom is 0.200 e. The average Bonchev–Trinajstić information content (AvgIpc) is 1.95. The Morgan fingerprint density at radius 1 is 1.50 bits per heavy atom. The topological polar surface area (TPSA) is 4.36 Å². The Hall–Kier alpha value is -0.560. The van der Waals surface area contributed by atoms with Crippen LogP contribution in [0.3, 0.4) is 0 Å². The summed E-state index contributed by atoms with van der Waals surface area (Å²) < 4.78 is 1.06. The molecule has 0 amide bonds. The molecule has 0 aliphatic rings. The molecular weight excluding hydrogens is 237 g/mol. The predicted octanol–water partition coefficient (Wildman–Crippen LogP) is 3.15. The molecule has 0 radical (unpaired) electrons. The number of nitrogens with zero attached hydrogens (tertiary/aromatic N) is 1. The van der Waals surface area contributed by atoms with Crippen molar-refractivity contribution in [3.8, 4) is 0 Å². The monoisotopic (exact) mass is 243 g/mol. The largest absolute Gasteiger partial charge is 0.237 e. The van der Waals surface area contributed by atoms with Gasteiger partial charge >= 0.3 is 0 Å². The van der Waals surface area contributed by atoms with E-state index in [0.717, 1.165) is 9.26 Å². The second kappa shape index (κ2) is 3.02. The van der Waals surface area contributed by atoms with E-state index in [1.54, 1.807) is 0 Å². The van der Waals surface area contributed by atoms with Crippen LogP contribution in [0.1, 0.15) is 5.56 Å². The maximum atomic E-state index is 6.80. The van der Waals surface area contributed by atoms with Gasteiger partial charge in [0.25, 0.3) is 0 Å². The molecule has 10 heavy (non-hydrogen) atoms. The predicted molar refractivity (Wildman–Crippen MR) is 50.2 cm³/mol. The van der Waals surface area contributed by atoms with Crippen LogP contribution in [0.4, 0.5) is 5.69 Å². The number of rotatable bonds is 0. The van der Waals surface area contributed by atoms with Crippen LogP contribution in [0, 0.1) is 17.1 Å². The van der Waals surface area contributed by atoms with E-state index in [2.05, 4.69) is 27.4 Å². The van der Waals surface area contributed by atoms with Crippen molar-refractivity contribution in [3.63, 3.8) is 0 Å². The molecule has 0 atom stereocenters. The normalized spacial score (nSPS) is 8.90. The van der Waals surface area contributed by atoms with Gasteiger partial charge in [0, 0.05) is 3.57 Å². The van der Waals surface area contributed by atoms with Crippen molar-refractivity contribution in [1.82, 2.24) is 0 Å². The van der Waals surface area contributed by atoms with Crippen molar-refractivity contribution < 1.29 is 0 Å². The van der Waals surface area contributed by atoms with Crippen LogP contribution in [-0.2, 0) is 0 Å². The van der Waals surface area contributed by atoms with E-state index >= 15 is 0 Å². The molecule has 50 valence electrons. The van der Waals surface area contributed by atoms with Gasteiger partial charge in [0.1, 0.15) is 0 Å². The SMILES string of the molecule is [C-]#[N+]c1cccc(C)c1I. The van der Waals surface area contributed by atoms with Crippen LogP contribution in [0.25, 0.3) is 4.85 Å². The zero-order valence-electron chi connectivity index (χ0n) is 5.56. The molecule has 0 aliphatic carbocycles. The zero-order chi connectivity index (χ0) is 7.56. The maximum absolute atomic E-state index is 6.80. The third-order valence-electron chi connectivity index (χ3n) is 1.29. The molecule has 1 aromatic carbocycles. The molecule has 1 nitrogen and oxygen atoms in total. The third-order valence-corrected chi connectivity index (χ3v) is 2.70. The van der Waals surface area contributed by atoms with Crippen LogP contribution >= 0.6 is 22.6 Å². The van der Waals surface area contributed by atoms with Gasteiger partial charge < -0.3 is 0 Å². The highest BCUT2D eigenvalue weighted by molar-refractivity contribution is 14.1. The third kappa shape index (κ3) is 1.29. The van der Waals surface area contributed by atoms with E-state index in [-0.39, 0.29) is 0 Å². The van der Waals surface area contributed by atoms with Crippen molar-refractivity contribution in [2.45, 2.75) is 6.92 Å². The summed E-state index contributed by atoms with van der Waals surface area (Å²) in [5.74, 6) is 0. The molecule has 0 N–H and O–H groups in total. The summed E-state index contributed by atoms with van der Waals surface area (Å²) >= 11 is 2.19. The fourth-order valence-electron chi connectivity index (χ4n) is 0.718. The fourth-order valence-corrected chi connectivity index (χ4v) is 1.20. The number of benzene rings is 1. The second-order valence-electron chi connectivity index (χ2n) is 2.02. The minimum Gasteiger partial charge on any atom is -0.237 e. The van der Waals surface area contributed by atoms with Gasteiger partial charge in [0.2, 0.25) is 5.69 Å². The molecule has 0 fully saturated rings. The molecule has 1 aromatic rings. The minimum absolute atomic E-state index is 0.751. The minimum atomic E-state index is 0.751. The summed E-state index contributed by atoms with van der Waals surface area (Å²) in [5.41, 5.74) is 1.93. The average molecular weight is 243 g/mol. The second-order valence-corrected chi connectivity index (χ2v) is 3.10. The molecule has 0 saturated carbocycles. The summed E-state index contributed by atoms with van der Waals surface area (Å²) in [6, 6.07) is 5.75. The van der Waals surface area contributed by atoms with Gasteiger partial charge in [-0.05, 0) is 12.5 Å². The van der Waals surface area contributed by atoms with E-state index in [0.29, 0.717) is 0 Å².